The maximum absolute atomic E-state index is 5.96. The van der Waals surface area contributed by atoms with Gasteiger partial charge in [0.15, 0.2) is 0 Å². The van der Waals surface area contributed by atoms with Crippen LogP contribution in [0.3, 0.4) is 0 Å². The molecule has 2 rings (SSSR count). The van der Waals surface area contributed by atoms with Crippen molar-refractivity contribution >= 4 is 5.82 Å². The van der Waals surface area contributed by atoms with E-state index in [1.54, 1.807) is 12.4 Å². The Morgan fingerprint density at radius 2 is 1.94 bits per heavy atom. The smallest absolute Gasteiger partial charge is 0.133 e. The van der Waals surface area contributed by atoms with Gasteiger partial charge in [-0.1, -0.05) is 12.1 Å². The van der Waals surface area contributed by atoms with Crippen LogP contribution in [0, 0.1) is 0 Å². The fourth-order valence-electron chi connectivity index (χ4n) is 1.89. The first-order valence-electron chi connectivity index (χ1n) is 6.00. The van der Waals surface area contributed by atoms with Gasteiger partial charge in [0.05, 0.1) is 12.2 Å². The van der Waals surface area contributed by atoms with E-state index in [2.05, 4.69) is 14.9 Å². The molecule has 0 bridgehead atoms. The van der Waals surface area contributed by atoms with Gasteiger partial charge in [0.25, 0.3) is 0 Å². The summed E-state index contributed by atoms with van der Waals surface area (Å²) in [6.07, 6.45) is 3.59. The molecule has 0 aliphatic carbocycles. The standard InChI is InChI=1S/C14H18N4/c1-11(15)13-7-5-9-17-14(13)18(2)10-12-6-3-4-8-16-12/h3-9,11H,10,15H2,1-2H3/t11-/m0/s1. The normalized spacial score (nSPS) is 12.2. The number of rotatable bonds is 4. The van der Waals surface area contributed by atoms with Crippen LogP contribution in [0.15, 0.2) is 42.7 Å². The second-order valence-electron chi connectivity index (χ2n) is 4.38. The lowest BCUT2D eigenvalue weighted by Crippen LogP contribution is -2.21. The van der Waals surface area contributed by atoms with Crippen molar-refractivity contribution in [1.29, 1.82) is 0 Å². The number of pyridine rings is 2. The fourth-order valence-corrected chi connectivity index (χ4v) is 1.89. The van der Waals surface area contributed by atoms with Crippen molar-refractivity contribution in [2.24, 2.45) is 5.73 Å². The minimum absolute atomic E-state index is 0.0279. The Labute approximate surface area is 107 Å². The predicted molar refractivity (Wildman–Crippen MR) is 73.2 cm³/mol. The molecule has 0 aromatic carbocycles. The molecule has 4 nitrogen and oxygen atoms in total. The highest BCUT2D eigenvalue weighted by Crippen LogP contribution is 2.22. The van der Waals surface area contributed by atoms with Gasteiger partial charge in [-0.3, -0.25) is 4.98 Å². The highest BCUT2D eigenvalue weighted by Gasteiger charge is 2.12. The van der Waals surface area contributed by atoms with Crippen LogP contribution in [0.1, 0.15) is 24.2 Å². The van der Waals surface area contributed by atoms with Gasteiger partial charge in [-0.2, -0.15) is 0 Å². The molecule has 0 aliphatic rings. The fraction of sp³-hybridized carbons (Fsp3) is 0.286. The van der Waals surface area contributed by atoms with Crippen molar-refractivity contribution in [2.75, 3.05) is 11.9 Å². The van der Waals surface area contributed by atoms with E-state index in [1.807, 2.05) is 44.3 Å². The van der Waals surface area contributed by atoms with E-state index >= 15 is 0 Å². The Balaban J connectivity index is 2.21. The molecule has 0 radical (unpaired) electrons. The summed E-state index contributed by atoms with van der Waals surface area (Å²) in [6.45, 7) is 2.69. The molecule has 0 spiro atoms. The van der Waals surface area contributed by atoms with Crippen molar-refractivity contribution in [3.8, 4) is 0 Å². The molecule has 0 saturated carbocycles. The van der Waals surface area contributed by atoms with Gasteiger partial charge in [0, 0.05) is 31.0 Å². The Kier molecular flexibility index (Phi) is 3.89. The molecule has 2 heterocycles. The van der Waals surface area contributed by atoms with Crippen LogP contribution in [-0.4, -0.2) is 17.0 Å². The van der Waals surface area contributed by atoms with Crippen molar-refractivity contribution < 1.29 is 0 Å². The quantitative estimate of drug-likeness (QED) is 0.892. The third-order valence-electron chi connectivity index (χ3n) is 2.79. The van der Waals surface area contributed by atoms with Crippen molar-refractivity contribution in [3.63, 3.8) is 0 Å². The highest BCUT2D eigenvalue weighted by atomic mass is 15.2. The zero-order valence-corrected chi connectivity index (χ0v) is 10.7. The lowest BCUT2D eigenvalue weighted by molar-refractivity contribution is 0.783. The van der Waals surface area contributed by atoms with E-state index in [4.69, 9.17) is 5.73 Å². The first-order valence-corrected chi connectivity index (χ1v) is 6.00. The second kappa shape index (κ2) is 5.60. The first-order chi connectivity index (χ1) is 8.68. The van der Waals surface area contributed by atoms with Gasteiger partial charge in [-0.05, 0) is 25.1 Å². The van der Waals surface area contributed by atoms with Gasteiger partial charge in [-0.15, -0.1) is 0 Å². The summed E-state index contributed by atoms with van der Waals surface area (Å²) in [4.78, 5) is 10.8. The van der Waals surface area contributed by atoms with E-state index in [-0.39, 0.29) is 6.04 Å². The monoisotopic (exact) mass is 242 g/mol. The van der Waals surface area contributed by atoms with Crippen molar-refractivity contribution in [1.82, 2.24) is 9.97 Å². The van der Waals surface area contributed by atoms with Crippen LogP contribution in [0.5, 0.6) is 0 Å². The molecule has 94 valence electrons. The third kappa shape index (κ3) is 2.84. The first kappa shape index (κ1) is 12.5. The molecule has 0 aliphatic heterocycles. The molecule has 2 N–H and O–H groups in total. The Hall–Kier alpha value is -1.94. The van der Waals surface area contributed by atoms with Crippen LogP contribution in [0.2, 0.25) is 0 Å². The highest BCUT2D eigenvalue weighted by molar-refractivity contribution is 5.47. The van der Waals surface area contributed by atoms with Crippen molar-refractivity contribution in [2.45, 2.75) is 19.5 Å². The number of nitrogens with two attached hydrogens (primary N) is 1. The van der Waals surface area contributed by atoms with Crippen LogP contribution in [-0.2, 0) is 6.54 Å². The molecule has 0 amide bonds. The third-order valence-corrected chi connectivity index (χ3v) is 2.79. The molecular weight excluding hydrogens is 224 g/mol. The van der Waals surface area contributed by atoms with E-state index in [9.17, 15) is 0 Å². The molecule has 4 heteroatoms. The van der Waals surface area contributed by atoms with Gasteiger partial charge >= 0.3 is 0 Å². The Bertz CT molecular complexity index is 496. The average Bonchev–Trinajstić information content (AvgIpc) is 2.40. The van der Waals surface area contributed by atoms with E-state index < -0.39 is 0 Å². The van der Waals surface area contributed by atoms with Gasteiger partial charge in [0.1, 0.15) is 5.82 Å². The molecular formula is C14H18N4. The largest absolute Gasteiger partial charge is 0.354 e. The van der Waals surface area contributed by atoms with Crippen LogP contribution in [0.4, 0.5) is 5.82 Å². The summed E-state index contributed by atoms with van der Waals surface area (Å²) in [5.41, 5.74) is 8.03. The summed E-state index contributed by atoms with van der Waals surface area (Å²) >= 11 is 0. The summed E-state index contributed by atoms with van der Waals surface area (Å²) in [5, 5.41) is 0. The molecule has 18 heavy (non-hydrogen) atoms. The summed E-state index contributed by atoms with van der Waals surface area (Å²) in [5.74, 6) is 0.915. The number of hydrogen-bond acceptors (Lipinski definition) is 4. The maximum Gasteiger partial charge on any atom is 0.133 e. The molecule has 0 saturated heterocycles. The zero-order chi connectivity index (χ0) is 13.0. The lowest BCUT2D eigenvalue weighted by Gasteiger charge is -2.22. The van der Waals surface area contributed by atoms with Gasteiger partial charge in [0.2, 0.25) is 0 Å². The van der Waals surface area contributed by atoms with Crippen molar-refractivity contribution in [3.05, 3.63) is 54.0 Å². The molecule has 2 aromatic heterocycles. The average molecular weight is 242 g/mol. The number of hydrogen-bond donors (Lipinski definition) is 1. The number of anilines is 1. The minimum atomic E-state index is -0.0279. The maximum atomic E-state index is 5.96. The number of aromatic nitrogens is 2. The Morgan fingerprint density at radius 3 is 2.61 bits per heavy atom. The Morgan fingerprint density at radius 1 is 1.17 bits per heavy atom. The number of nitrogens with zero attached hydrogens (tertiary/aromatic N) is 3. The second-order valence-corrected chi connectivity index (χ2v) is 4.38. The zero-order valence-electron chi connectivity index (χ0n) is 10.7. The van der Waals surface area contributed by atoms with E-state index in [1.165, 1.54) is 0 Å². The topological polar surface area (TPSA) is 55.0 Å². The van der Waals surface area contributed by atoms with Crippen LogP contribution < -0.4 is 10.6 Å². The molecule has 0 unspecified atom stereocenters. The summed E-state index contributed by atoms with van der Waals surface area (Å²) in [7, 11) is 2.00. The predicted octanol–water partition coefficient (Wildman–Crippen LogP) is 2.13. The minimum Gasteiger partial charge on any atom is -0.354 e. The lowest BCUT2D eigenvalue weighted by atomic mass is 10.1. The van der Waals surface area contributed by atoms with Gasteiger partial charge in [-0.25, -0.2) is 4.98 Å². The van der Waals surface area contributed by atoms with E-state index in [0.717, 1.165) is 23.6 Å². The molecule has 2 aromatic rings. The summed E-state index contributed by atoms with van der Waals surface area (Å²) in [6, 6.07) is 9.81. The summed E-state index contributed by atoms with van der Waals surface area (Å²) < 4.78 is 0. The molecule has 0 fully saturated rings. The van der Waals surface area contributed by atoms with Crippen LogP contribution in [0.25, 0.3) is 0 Å². The van der Waals surface area contributed by atoms with Gasteiger partial charge < -0.3 is 10.6 Å². The molecule has 1 atom stereocenters. The van der Waals surface area contributed by atoms with Crippen LogP contribution >= 0.6 is 0 Å². The SMILES string of the molecule is C[C@H](N)c1cccnc1N(C)Cc1ccccn1. The van der Waals surface area contributed by atoms with E-state index in [0.29, 0.717) is 0 Å².